The third-order valence-electron chi connectivity index (χ3n) is 5.15. The summed E-state index contributed by atoms with van der Waals surface area (Å²) >= 11 is 0. The Balaban J connectivity index is 1.85. The number of ether oxygens (including phenoxy) is 1. The minimum absolute atomic E-state index is 0.210. The molecule has 7 nitrogen and oxygen atoms in total. The summed E-state index contributed by atoms with van der Waals surface area (Å²) in [5.74, 6) is 1.48. The normalized spacial score (nSPS) is 15.8. The molecule has 0 bridgehead atoms. The minimum Gasteiger partial charge on any atom is -0.444 e. The number of nitrogens with one attached hydrogen (secondary N) is 1. The average Bonchev–Trinajstić information content (AvgIpc) is 2.71. The molecule has 1 aromatic heterocycles. The van der Waals surface area contributed by atoms with Gasteiger partial charge >= 0.3 is 6.09 Å². The van der Waals surface area contributed by atoms with Crippen LogP contribution in [-0.2, 0) is 11.2 Å². The van der Waals surface area contributed by atoms with Crippen molar-refractivity contribution >= 4 is 12.1 Å². The third-order valence-corrected chi connectivity index (χ3v) is 5.15. The smallest absolute Gasteiger partial charge is 0.410 e. The number of hydrogen-bond donors (Lipinski definition) is 1. The lowest BCUT2D eigenvalue weighted by Crippen LogP contribution is -2.48. The molecule has 1 aromatic rings. The Morgan fingerprint density at radius 3 is 2.63 bits per heavy atom. The molecular formula is C23H39N5O2. The topological polar surface area (TPSA) is 70.1 Å². The number of rotatable bonds is 7. The van der Waals surface area contributed by atoms with Gasteiger partial charge in [0.25, 0.3) is 0 Å². The molecule has 7 heteroatoms. The summed E-state index contributed by atoms with van der Waals surface area (Å²) < 4.78 is 5.55. The second-order valence-corrected chi connectivity index (χ2v) is 8.80. The van der Waals surface area contributed by atoms with Crippen LogP contribution in [-0.4, -0.2) is 71.7 Å². The molecule has 1 fully saturated rings. The number of aromatic nitrogens is 1. The molecule has 0 spiro atoms. The molecule has 2 rings (SSSR count). The number of hydrogen-bond acceptors (Lipinski definition) is 4. The molecule has 0 radical (unpaired) electrons. The maximum Gasteiger partial charge on any atom is 0.410 e. The first kappa shape index (κ1) is 24.0. The van der Waals surface area contributed by atoms with Crippen LogP contribution < -0.4 is 5.32 Å². The average molecular weight is 418 g/mol. The summed E-state index contributed by atoms with van der Waals surface area (Å²) in [6.45, 7) is 14.8. The summed E-state index contributed by atoms with van der Waals surface area (Å²) in [6, 6.07) is 4.05. The van der Waals surface area contributed by atoms with Crippen molar-refractivity contribution in [1.82, 2.24) is 20.1 Å². The van der Waals surface area contributed by atoms with E-state index < -0.39 is 5.60 Å². The van der Waals surface area contributed by atoms with Crippen molar-refractivity contribution in [1.29, 1.82) is 0 Å². The first-order chi connectivity index (χ1) is 14.3. The van der Waals surface area contributed by atoms with E-state index in [0.717, 1.165) is 57.9 Å². The molecule has 1 saturated heterocycles. The third kappa shape index (κ3) is 8.20. The van der Waals surface area contributed by atoms with Gasteiger partial charge in [-0.15, -0.1) is 0 Å². The Morgan fingerprint density at radius 2 is 2.07 bits per heavy atom. The predicted octanol–water partition coefficient (Wildman–Crippen LogP) is 3.56. The van der Waals surface area contributed by atoms with E-state index in [1.165, 1.54) is 5.56 Å². The number of pyridine rings is 1. The molecule has 168 valence electrons. The van der Waals surface area contributed by atoms with Gasteiger partial charge < -0.3 is 19.9 Å². The van der Waals surface area contributed by atoms with Crippen LogP contribution in [0.2, 0.25) is 0 Å². The predicted molar refractivity (Wildman–Crippen MR) is 122 cm³/mol. The van der Waals surface area contributed by atoms with Gasteiger partial charge in [0.05, 0.1) is 0 Å². The molecule has 1 aliphatic rings. The lowest BCUT2D eigenvalue weighted by Gasteiger charge is -2.36. The zero-order valence-corrected chi connectivity index (χ0v) is 19.4. The Morgan fingerprint density at radius 1 is 1.33 bits per heavy atom. The van der Waals surface area contributed by atoms with Gasteiger partial charge in [0.2, 0.25) is 0 Å². The highest BCUT2D eigenvalue weighted by atomic mass is 16.6. The summed E-state index contributed by atoms with van der Waals surface area (Å²) in [6.07, 6.45) is 6.47. The van der Waals surface area contributed by atoms with Crippen LogP contribution in [0.1, 0.15) is 53.0 Å². The molecule has 2 heterocycles. The van der Waals surface area contributed by atoms with Gasteiger partial charge in [-0.05, 0) is 71.4 Å². The standard InChI is InChI=1S/C23H39N5O2/c1-6-25-21(26-14-10-19-9-8-13-24-17-19)28-15-11-20(12-16-28)18-27(7-2)22(29)30-23(3,4)5/h8-9,13,17,20H,6-7,10-12,14-16,18H2,1-5H3,(H,25,26). The number of piperidine rings is 1. The molecule has 0 saturated carbocycles. The largest absolute Gasteiger partial charge is 0.444 e. The summed E-state index contributed by atoms with van der Waals surface area (Å²) in [5, 5.41) is 3.43. The van der Waals surface area contributed by atoms with Crippen LogP contribution in [0.4, 0.5) is 4.79 Å². The molecule has 1 amide bonds. The zero-order chi connectivity index (χ0) is 22.0. The van der Waals surface area contributed by atoms with E-state index in [4.69, 9.17) is 9.73 Å². The van der Waals surface area contributed by atoms with Crippen LogP contribution >= 0.6 is 0 Å². The Hall–Kier alpha value is -2.31. The van der Waals surface area contributed by atoms with E-state index in [1.54, 1.807) is 6.20 Å². The molecular weight excluding hydrogens is 378 g/mol. The Bertz CT molecular complexity index is 664. The number of guanidine groups is 1. The highest BCUT2D eigenvalue weighted by molar-refractivity contribution is 5.80. The van der Waals surface area contributed by atoms with Gasteiger partial charge in [0, 0.05) is 51.7 Å². The number of likely N-dealkylation sites (tertiary alicyclic amines) is 1. The van der Waals surface area contributed by atoms with Gasteiger partial charge in [-0.3, -0.25) is 9.98 Å². The van der Waals surface area contributed by atoms with Gasteiger partial charge in [-0.2, -0.15) is 0 Å². The number of aliphatic imine (C=N–C) groups is 1. The fourth-order valence-corrected chi connectivity index (χ4v) is 3.56. The van der Waals surface area contributed by atoms with E-state index in [0.29, 0.717) is 12.5 Å². The van der Waals surface area contributed by atoms with Crippen molar-refractivity contribution in [3.05, 3.63) is 30.1 Å². The molecule has 0 atom stereocenters. The van der Waals surface area contributed by atoms with Gasteiger partial charge in [-0.1, -0.05) is 6.07 Å². The van der Waals surface area contributed by atoms with Gasteiger partial charge in [0.1, 0.15) is 5.60 Å². The van der Waals surface area contributed by atoms with E-state index in [-0.39, 0.29) is 6.09 Å². The van der Waals surface area contributed by atoms with E-state index in [9.17, 15) is 4.79 Å². The number of nitrogens with zero attached hydrogens (tertiary/aromatic N) is 4. The first-order valence-electron chi connectivity index (χ1n) is 11.2. The van der Waals surface area contributed by atoms with Crippen molar-refractivity contribution in [2.24, 2.45) is 10.9 Å². The maximum atomic E-state index is 12.4. The van der Waals surface area contributed by atoms with Crippen LogP contribution in [0.5, 0.6) is 0 Å². The fourth-order valence-electron chi connectivity index (χ4n) is 3.56. The number of carbonyl (C=O) groups is 1. The van der Waals surface area contributed by atoms with Crippen LogP contribution in [0.25, 0.3) is 0 Å². The quantitative estimate of drug-likeness (QED) is 0.543. The highest BCUT2D eigenvalue weighted by Gasteiger charge is 2.27. The molecule has 1 aliphatic heterocycles. The molecule has 0 aromatic carbocycles. The fraction of sp³-hybridized carbons (Fsp3) is 0.696. The summed E-state index contributed by atoms with van der Waals surface area (Å²) in [4.78, 5) is 25.6. The number of amides is 1. The minimum atomic E-state index is -0.457. The first-order valence-corrected chi connectivity index (χ1v) is 11.2. The SMILES string of the molecule is CCNC(=NCCc1cccnc1)N1CCC(CN(CC)C(=O)OC(C)(C)C)CC1. The number of carbonyl (C=O) groups excluding carboxylic acids is 1. The van der Waals surface area contributed by atoms with E-state index in [2.05, 4.69) is 28.2 Å². The van der Waals surface area contributed by atoms with Crippen molar-refractivity contribution in [2.45, 2.75) is 59.5 Å². The van der Waals surface area contributed by atoms with Crippen LogP contribution in [0.15, 0.2) is 29.5 Å². The maximum absolute atomic E-state index is 12.4. The molecule has 1 N–H and O–H groups in total. The van der Waals surface area contributed by atoms with Crippen LogP contribution in [0.3, 0.4) is 0 Å². The molecule has 0 aliphatic carbocycles. The van der Waals surface area contributed by atoms with E-state index >= 15 is 0 Å². The van der Waals surface area contributed by atoms with Gasteiger partial charge in [-0.25, -0.2) is 4.79 Å². The Kier molecular flexibility index (Phi) is 9.40. The van der Waals surface area contributed by atoms with Crippen molar-refractivity contribution in [3.8, 4) is 0 Å². The molecule has 30 heavy (non-hydrogen) atoms. The highest BCUT2D eigenvalue weighted by Crippen LogP contribution is 2.20. The lowest BCUT2D eigenvalue weighted by molar-refractivity contribution is 0.0214. The summed E-state index contributed by atoms with van der Waals surface area (Å²) in [5.41, 5.74) is 0.749. The summed E-state index contributed by atoms with van der Waals surface area (Å²) in [7, 11) is 0. The van der Waals surface area contributed by atoms with Crippen molar-refractivity contribution < 1.29 is 9.53 Å². The van der Waals surface area contributed by atoms with Crippen molar-refractivity contribution in [3.63, 3.8) is 0 Å². The second kappa shape index (κ2) is 11.8. The van der Waals surface area contributed by atoms with Gasteiger partial charge in [0.15, 0.2) is 5.96 Å². The Labute approximate surface area is 181 Å². The van der Waals surface area contributed by atoms with E-state index in [1.807, 2.05) is 44.9 Å². The molecule has 0 unspecified atom stereocenters. The second-order valence-electron chi connectivity index (χ2n) is 8.80. The lowest BCUT2D eigenvalue weighted by atomic mass is 9.96. The zero-order valence-electron chi connectivity index (χ0n) is 19.4. The van der Waals surface area contributed by atoms with Crippen molar-refractivity contribution in [2.75, 3.05) is 39.3 Å². The monoisotopic (exact) mass is 417 g/mol. The van der Waals surface area contributed by atoms with Crippen LogP contribution in [0, 0.1) is 5.92 Å².